The van der Waals surface area contributed by atoms with Crippen LogP contribution in [0.3, 0.4) is 0 Å². The molecule has 3 N–H and O–H groups in total. The highest BCUT2D eigenvalue weighted by atomic mass is 32.1. The molecular weight excluding hydrogens is 224 g/mol. The Hall–Kier alpha value is -1.01. The van der Waals surface area contributed by atoms with Gasteiger partial charge in [0.2, 0.25) is 0 Å². The molecule has 1 amide bonds. The van der Waals surface area contributed by atoms with Gasteiger partial charge in [-0.15, -0.1) is 5.10 Å². The largest absolute Gasteiger partial charge is 0.348 e. The van der Waals surface area contributed by atoms with Crippen molar-refractivity contribution in [3.8, 4) is 0 Å². The van der Waals surface area contributed by atoms with Gasteiger partial charge in [0.05, 0.1) is 5.69 Å². The number of hydrogen-bond acceptors (Lipinski definition) is 5. The van der Waals surface area contributed by atoms with Crippen LogP contribution in [0.5, 0.6) is 0 Å². The molecule has 1 fully saturated rings. The minimum atomic E-state index is -0.0460. The number of nitrogens with zero attached hydrogens (tertiary/aromatic N) is 2. The van der Waals surface area contributed by atoms with Crippen LogP contribution in [0.1, 0.15) is 41.6 Å². The van der Waals surface area contributed by atoms with Crippen molar-refractivity contribution >= 4 is 17.4 Å². The Bertz CT molecular complexity index is 373. The maximum Gasteiger partial charge on any atom is 0.265 e. The standard InChI is InChI=1S/C10H16N4OS/c1-2-3-8-9(16-14-13-8)10(15)12-7-4-6(11)5-7/h6-7H,2-5,11H2,1H3,(H,12,15). The molecule has 0 bridgehead atoms. The quantitative estimate of drug-likeness (QED) is 0.812. The maximum absolute atomic E-state index is 11.9. The number of hydrogen-bond donors (Lipinski definition) is 2. The molecule has 1 aromatic heterocycles. The van der Waals surface area contributed by atoms with Gasteiger partial charge in [-0.05, 0) is 30.8 Å². The first kappa shape index (κ1) is 11.5. The highest BCUT2D eigenvalue weighted by molar-refractivity contribution is 7.08. The lowest BCUT2D eigenvalue weighted by atomic mass is 9.87. The smallest absolute Gasteiger partial charge is 0.265 e. The van der Waals surface area contributed by atoms with Gasteiger partial charge in [-0.1, -0.05) is 17.8 Å². The normalized spacial score (nSPS) is 23.9. The van der Waals surface area contributed by atoms with E-state index in [1.165, 1.54) is 11.5 Å². The van der Waals surface area contributed by atoms with E-state index in [0.717, 1.165) is 31.4 Å². The van der Waals surface area contributed by atoms with Crippen LogP contribution < -0.4 is 11.1 Å². The van der Waals surface area contributed by atoms with E-state index in [4.69, 9.17) is 5.73 Å². The van der Waals surface area contributed by atoms with Crippen molar-refractivity contribution in [3.05, 3.63) is 10.6 Å². The number of amides is 1. The average Bonchev–Trinajstić information content (AvgIpc) is 2.64. The molecule has 0 aromatic carbocycles. The summed E-state index contributed by atoms with van der Waals surface area (Å²) in [5.41, 5.74) is 6.48. The van der Waals surface area contributed by atoms with Crippen LogP contribution in [0.4, 0.5) is 0 Å². The molecule has 0 spiro atoms. The minimum absolute atomic E-state index is 0.0460. The molecule has 6 heteroatoms. The lowest BCUT2D eigenvalue weighted by Crippen LogP contribution is -2.50. The second-order valence-electron chi connectivity index (χ2n) is 4.20. The van der Waals surface area contributed by atoms with E-state index in [1.807, 2.05) is 0 Å². The van der Waals surface area contributed by atoms with E-state index in [9.17, 15) is 4.79 Å². The van der Waals surface area contributed by atoms with Crippen molar-refractivity contribution in [1.29, 1.82) is 0 Å². The SMILES string of the molecule is CCCc1nnsc1C(=O)NC1CC(N)C1. The number of nitrogens with two attached hydrogens (primary N) is 1. The van der Waals surface area contributed by atoms with Crippen molar-refractivity contribution in [2.45, 2.75) is 44.7 Å². The molecule has 1 aromatic rings. The zero-order valence-corrected chi connectivity index (χ0v) is 10.1. The van der Waals surface area contributed by atoms with Gasteiger partial charge >= 0.3 is 0 Å². The summed E-state index contributed by atoms with van der Waals surface area (Å²) in [5.74, 6) is -0.0460. The van der Waals surface area contributed by atoms with Crippen molar-refractivity contribution in [2.24, 2.45) is 5.73 Å². The van der Waals surface area contributed by atoms with Crippen LogP contribution >= 0.6 is 11.5 Å². The van der Waals surface area contributed by atoms with Crippen molar-refractivity contribution in [2.75, 3.05) is 0 Å². The molecule has 0 radical (unpaired) electrons. The van der Waals surface area contributed by atoms with E-state index in [-0.39, 0.29) is 18.0 Å². The van der Waals surface area contributed by atoms with Gasteiger partial charge in [-0.25, -0.2) is 0 Å². The molecular formula is C10H16N4OS. The zero-order chi connectivity index (χ0) is 11.5. The van der Waals surface area contributed by atoms with Gasteiger partial charge in [0.25, 0.3) is 5.91 Å². The van der Waals surface area contributed by atoms with E-state index >= 15 is 0 Å². The fourth-order valence-corrected chi connectivity index (χ4v) is 2.42. The Balaban J connectivity index is 1.95. The Morgan fingerprint density at radius 1 is 1.62 bits per heavy atom. The fraction of sp³-hybridized carbons (Fsp3) is 0.700. The molecule has 1 aliphatic rings. The topological polar surface area (TPSA) is 80.9 Å². The summed E-state index contributed by atoms with van der Waals surface area (Å²) >= 11 is 1.17. The second-order valence-corrected chi connectivity index (χ2v) is 4.95. The van der Waals surface area contributed by atoms with Crippen LogP contribution in [-0.4, -0.2) is 27.6 Å². The number of aryl methyl sites for hydroxylation is 1. The molecule has 16 heavy (non-hydrogen) atoms. The third kappa shape index (κ3) is 2.38. The average molecular weight is 240 g/mol. The Kier molecular flexibility index (Phi) is 3.50. The summed E-state index contributed by atoms with van der Waals surface area (Å²) in [6, 6.07) is 0.485. The molecule has 2 rings (SSSR count). The first-order valence-electron chi connectivity index (χ1n) is 5.58. The molecule has 5 nitrogen and oxygen atoms in total. The molecule has 0 saturated heterocycles. The number of carbonyl (C=O) groups excluding carboxylic acids is 1. The second kappa shape index (κ2) is 4.88. The number of nitrogens with one attached hydrogen (secondary N) is 1. The first-order valence-corrected chi connectivity index (χ1v) is 6.35. The van der Waals surface area contributed by atoms with Crippen molar-refractivity contribution in [3.63, 3.8) is 0 Å². The number of carbonyl (C=O) groups is 1. The lowest BCUT2D eigenvalue weighted by molar-refractivity contribution is 0.0913. The highest BCUT2D eigenvalue weighted by Gasteiger charge is 2.28. The molecule has 1 heterocycles. The van der Waals surface area contributed by atoms with Gasteiger partial charge < -0.3 is 11.1 Å². The third-order valence-corrected chi connectivity index (χ3v) is 3.53. The van der Waals surface area contributed by atoms with Gasteiger partial charge in [0.15, 0.2) is 0 Å². The summed E-state index contributed by atoms with van der Waals surface area (Å²) in [5, 5.41) is 6.94. The predicted octanol–water partition coefficient (Wildman–Crippen LogP) is 0.710. The lowest BCUT2D eigenvalue weighted by Gasteiger charge is -2.32. The monoisotopic (exact) mass is 240 g/mol. The van der Waals surface area contributed by atoms with Crippen LogP contribution in [0.2, 0.25) is 0 Å². The minimum Gasteiger partial charge on any atom is -0.348 e. The Morgan fingerprint density at radius 2 is 2.38 bits per heavy atom. The Labute approximate surface area is 98.6 Å². The first-order chi connectivity index (χ1) is 7.70. The van der Waals surface area contributed by atoms with Crippen LogP contribution in [-0.2, 0) is 6.42 Å². The van der Waals surface area contributed by atoms with E-state index in [2.05, 4.69) is 21.8 Å². The summed E-state index contributed by atoms with van der Waals surface area (Å²) in [6.45, 7) is 2.06. The predicted molar refractivity (Wildman–Crippen MR) is 62.4 cm³/mol. The molecule has 0 unspecified atom stereocenters. The number of aromatic nitrogens is 2. The summed E-state index contributed by atoms with van der Waals surface area (Å²) in [6.07, 6.45) is 3.53. The Morgan fingerprint density at radius 3 is 3.00 bits per heavy atom. The third-order valence-electron chi connectivity index (χ3n) is 2.76. The molecule has 1 aliphatic carbocycles. The van der Waals surface area contributed by atoms with Crippen molar-refractivity contribution in [1.82, 2.24) is 14.9 Å². The van der Waals surface area contributed by atoms with Crippen LogP contribution in [0.15, 0.2) is 0 Å². The maximum atomic E-state index is 11.9. The summed E-state index contributed by atoms with van der Waals surface area (Å²) < 4.78 is 3.83. The van der Waals surface area contributed by atoms with E-state index in [1.54, 1.807) is 0 Å². The van der Waals surface area contributed by atoms with Gasteiger partial charge in [0.1, 0.15) is 4.88 Å². The number of rotatable bonds is 4. The van der Waals surface area contributed by atoms with Gasteiger partial charge in [-0.3, -0.25) is 4.79 Å². The molecule has 88 valence electrons. The van der Waals surface area contributed by atoms with Crippen LogP contribution in [0.25, 0.3) is 0 Å². The van der Waals surface area contributed by atoms with E-state index in [0.29, 0.717) is 4.88 Å². The zero-order valence-electron chi connectivity index (χ0n) is 9.27. The van der Waals surface area contributed by atoms with Crippen LogP contribution in [0, 0.1) is 0 Å². The van der Waals surface area contributed by atoms with E-state index < -0.39 is 0 Å². The fourth-order valence-electron chi connectivity index (χ4n) is 1.81. The summed E-state index contributed by atoms with van der Waals surface area (Å²) in [7, 11) is 0. The molecule has 0 aliphatic heterocycles. The van der Waals surface area contributed by atoms with Crippen molar-refractivity contribution < 1.29 is 4.79 Å². The molecule has 0 atom stereocenters. The van der Waals surface area contributed by atoms with Gasteiger partial charge in [0, 0.05) is 12.1 Å². The summed E-state index contributed by atoms with van der Waals surface area (Å²) in [4.78, 5) is 12.5. The highest BCUT2D eigenvalue weighted by Crippen LogP contribution is 2.19. The molecule has 1 saturated carbocycles. The van der Waals surface area contributed by atoms with Gasteiger partial charge in [-0.2, -0.15) is 0 Å².